The van der Waals surface area contributed by atoms with Crippen molar-refractivity contribution in [2.75, 3.05) is 26.3 Å². The lowest BCUT2D eigenvalue weighted by molar-refractivity contribution is 0.340. The van der Waals surface area contributed by atoms with Crippen LogP contribution in [0.3, 0.4) is 0 Å². The molecular weight excluding hydrogens is 442 g/mol. The molecule has 0 atom stereocenters. The van der Waals surface area contributed by atoms with Crippen molar-refractivity contribution >= 4 is 39.7 Å². The van der Waals surface area contributed by atoms with Crippen molar-refractivity contribution in [1.82, 2.24) is 4.98 Å². The molecule has 28 heavy (non-hydrogen) atoms. The number of benzene rings is 2. The van der Waals surface area contributed by atoms with E-state index in [4.69, 9.17) is 14.2 Å². The summed E-state index contributed by atoms with van der Waals surface area (Å²) in [6.45, 7) is 2.62. The van der Waals surface area contributed by atoms with Gasteiger partial charge in [-0.05, 0) is 55.0 Å². The van der Waals surface area contributed by atoms with Crippen LogP contribution in [0.15, 0.2) is 52.9 Å². The van der Waals surface area contributed by atoms with Crippen molar-refractivity contribution < 1.29 is 14.2 Å². The number of nitrogens with zero attached hydrogens (tertiary/aromatic N) is 2. The fourth-order valence-electron chi connectivity index (χ4n) is 2.44. The molecule has 0 unspecified atom stereocenters. The predicted molar refractivity (Wildman–Crippen MR) is 120 cm³/mol. The van der Waals surface area contributed by atoms with E-state index < -0.39 is 0 Å². The van der Waals surface area contributed by atoms with Gasteiger partial charge in [0.15, 0.2) is 11.5 Å². The summed E-state index contributed by atoms with van der Waals surface area (Å²) < 4.78 is 16.0. The van der Waals surface area contributed by atoms with Crippen molar-refractivity contribution in [2.45, 2.75) is 6.92 Å². The van der Waals surface area contributed by atoms with Crippen molar-refractivity contribution in [1.29, 1.82) is 0 Å². The molecule has 0 fully saturated rings. The summed E-state index contributed by atoms with van der Waals surface area (Å²) in [6, 6.07) is 13.5. The van der Waals surface area contributed by atoms with E-state index in [1.165, 1.54) is 11.3 Å². The van der Waals surface area contributed by atoms with Gasteiger partial charge in [-0.2, -0.15) is 5.10 Å². The lowest BCUT2D eigenvalue weighted by atomic mass is 10.2. The number of methoxy groups -OCH3 is 2. The van der Waals surface area contributed by atoms with Crippen LogP contribution in [0.4, 0.5) is 5.13 Å². The maximum Gasteiger partial charge on any atom is 0.203 e. The first-order valence-corrected chi connectivity index (χ1v) is 9.31. The Balaban J connectivity index is 0.00000280. The topological polar surface area (TPSA) is 65.0 Å². The van der Waals surface area contributed by atoms with Crippen molar-refractivity contribution in [3.63, 3.8) is 0 Å². The molecule has 1 aromatic heterocycles. The summed E-state index contributed by atoms with van der Waals surface area (Å²) in [6.07, 6.45) is 1.71. The second-order valence-electron chi connectivity index (χ2n) is 5.48. The van der Waals surface area contributed by atoms with Crippen LogP contribution in [0.25, 0.3) is 11.3 Å². The molecule has 8 heteroatoms. The standard InChI is InChI=1S/C20H21N3O3S.BrH/c1-4-26-16-8-6-15(7-9-16)17-13-27-20(22-17)23-21-12-14-5-10-18(24-2)19(11-14)25-3;/h5-13H,4H2,1-3H3,(H,22,23);1H. The molecule has 6 nitrogen and oxygen atoms in total. The first-order valence-electron chi connectivity index (χ1n) is 8.43. The average molecular weight is 464 g/mol. The van der Waals surface area contributed by atoms with Gasteiger partial charge in [0.2, 0.25) is 5.13 Å². The molecule has 0 spiro atoms. The molecule has 0 bridgehead atoms. The molecule has 0 saturated carbocycles. The number of nitrogens with one attached hydrogen (secondary N) is 1. The molecule has 3 aromatic rings. The van der Waals surface area contributed by atoms with Gasteiger partial charge in [-0.25, -0.2) is 4.98 Å². The number of hydrogen-bond donors (Lipinski definition) is 1. The minimum Gasteiger partial charge on any atom is -0.494 e. The van der Waals surface area contributed by atoms with Gasteiger partial charge in [-0.3, -0.25) is 5.43 Å². The van der Waals surface area contributed by atoms with Gasteiger partial charge in [0.1, 0.15) is 5.75 Å². The summed E-state index contributed by atoms with van der Waals surface area (Å²) in [7, 11) is 3.21. The Labute approximate surface area is 178 Å². The Morgan fingerprint density at radius 3 is 2.50 bits per heavy atom. The SMILES string of the molecule is Br.CCOc1ccc(-c2csc(NN=Cc3ccc(OC)c(OC)c3)n2)cc1. The Morgan fingerprint density at radius 2 is 1.82 bits per heavy atom. The zero-order valence-corrected chi connectivity index (χ0v) is 18.4. The molecule has 1 heterocycles. The molecule has 0 aliphatic carbocycles. The van der Waals surface area contributed by atoms with Crippen molar-refractivity contribution in [3.05, 3.63) is 53.4 Å². The number of anilines is 1. The van der Waals surface area contributed by atoms with Gasteiger partial charge in [-0.15, -0.1) is 28.3 Å². The first kappa shape index (κ1) is 21.7. The zero-order valence-electron chi connectivity index (χ0n) is 15.8. The highest BCUT2D eigenvalue weighted by molar-refractivity contribution is 8.93. The third kappa shape index (κ3) is 5.46. The van der Waals surface area contributed by atoms with Gasteiger partial charge in [0.25, 0.3) is 0 Å². The van der Waals surface area contributed by atoms with E-state index in [2.05, 4.69) is 15.5 Å². The molecule has 0 radical (unpaired) electrons. The predicted octanol–water partition coefficient (Wildman–Crippen LogP) is 5.25. The quantitative estimate of drug-likeness (QED) is 0.365. The highest BCUT2D eigenvalue weighted by atomic mass is 79.9. The summed E-state index contributed by atoms with van der Waals surface area (Å²) in [5.41, 5.74) is 5.78. The summed E-state index contributed by atoms with van der Waals surface area (Å²) in [5.74, 6) is 2.20. The van der Waals surface area contributed by atoms with Crippen LogP contribution in [0.1, 0.15) is 12.5 Å². The first-order chi connectivity index (χ1) is 13.2. The van der Waals surface area contributed by atoms with Gasteiger partial charge in [0.05, 0.1) is 32.7 Å². The van der Waals surface area contributed by atoms with Crippen LogP contribution in [-0.4, -0.2) is 32.0 Å². The van der Waals surface area contributed by atoms with Gasteiger partial charge in [0, 0.05) is 10.9 Å². The van der Waals surface area contributed by atoms with Crippen LogP contribution in [0.5, 0.6) is 17.2 Å². The minimum atomic E-state index is 0. The number of rotatable bonds is 8. The highest BCUT2D eigenvalue weighted by Gasteiger charge is 2.05. The molecule has 2 aromatic carbocycles. The summed E-state index contributed by atoms with van der Waals surface area (Å²) >= 11 is 1.50. The van der Waals surface area contributed by atoms with E-state index in [9.17, 15) is 0 Å². The lowest BCUT2D eigenvalue weighted by Crippen LogP contribution is -1.94. The minimum absolute atomic E-state index is 0. The number of hydrogen-bond acceptors (Lipinski definition) is 7. The molecule has 3 rings (SSSR count). The van der Waals surface area contributed by atoms with E-state index in [1.807, 2.05) is 54.8 Å². The van der Waals surface area contributed by atoms with E-state index in [0.717, 1.165) is 27.7 Å². The van der Waals surface area contributed by atoms with Crippen LogP contribution in [0, 0.1) is 0 Å². The Hall–Kier alpha value is -2.58. The number of halogens is 1. The number of hydrazone groups is 1. The smallest absolute Gasteiger partial charge is 0.203 e. The second kappa shape index (κ2) is 10.7. The van der Waals surface area contributed by atoms with Crippen LogP contribution in [0.2, 0.25) is 0 Å². The largest absolute Gasteiger partial charge is 0.494 e. The fourth-order valence-corrected chi connectivity index (χ4v) is 3.11. The average Bonchev–Trinajstić information content (AvgIpc) is 3.17. The van der Waals surface area contributed by atoms with Crippen molar-refractivity contribution in [3.8, 4) is 28.5 Å². The molecule has 1 N–H and O–H groups in total. The normalized spacial score (nSPS) is 10.4. The zero-order chi connectivity index (χ0) is 19.1. The maximum absolute atomic E-state index is 5.46. The van der Waals surface area contributed by atoms with Crippen LogP contribution in [-0.2, 0) is 0 Å². The molecule has 0 saturated heterocycles. The summed E-state index contributed by atoms with van der Waals surface area (Å²) in [5, 5.41) is 6.95. The lowest BCUT2D eigenvalue weighted by Gasteiger charge is -2.07. The van der Waals surface area contributed by atoms with E-state index >= 15 is 0 Å². The van der Waals surface area contributed by atoms with Crippen LogP contribution >= 0.6 is 28.3 Å². The van der Waals surface area contributed by atoms with Crippen LogP contribution < -0.4 is 19.6 Å². The molecule has 0 amide bonds. The molecule has 0 aliphatic heterocycles. The van der Waals surface area contributed by atoms with E-state index in [0.29, 0.717) is 18.1 Å². The third-order valence-corrected chi connectivity index (χ3v) is 4.49. The Kier molecular flexibility index (Phi) is 8.28. The highest BCUT2D eigenvalue weighted by Crippen LogP contribution is 2.28. The molecular formula is C20H22BrN3O3S. The van der Waals surface area contributed by atoms with Gasteiger partial charge < -0.3 is 14.2 Å². The number of aromatic nitrogens is 1. The Bertz CT molecular complexity index is 913. The van der Waals surface area contributed by atoms with Gasteiger partial charge >= 0.3 is 0 Å². The number of thiazole rings is 1. The second-order valence-corrected chi connectivity index (χ2v) is 6.34. The third-order valence-electron chi connectivity index (χ3n) is 3.75. The summed E-state index contributed by atoms with van der Waals surface area (Å²) in [4.78, 5) is 4.56. The van der Waals surface area contributed by atoms with Gasteiger partial charge in [-0.1, -0.05) is 0 Å². The Morgan fingerprint density at radius 1 is 1.07 bits per heavy atom. The van der Waals surface area contributed by atoms with E-state index in [1.54, 1.807) is 20.4 Å². The monoisotopic (exact) mass is 463 g/mol. The molecule has 0 aliphatic rings. The molecule has 148 valence electrons. The number of ether oxygens (including phenoxy) is 3. The fraction of sp³-hybridized carbons (Fsp3) is 0.200. The maximum atomic E-state index is 5.46. The van der Waals surface area contributed by atoms with Crippen molar-refractivity contribution in [2.24, 2.45) is 5.10 Å². The van der Waals surface area contributed by atoms with E-state index in [-0.39, 0.29) is 17.0 Å².